The molecule has 172 valence electrons. The van der Waals surface area contributed by atoms with Crippen molar-refractivity contribution in [3.05, 3.63) is 48.0 Å². The lowest BCUT2D eigenvalue weighted by atomic mass is 10.1. The Bertz CT molecular complexity index is 1320. The standard InChI is InChI=1S/C25H27N3O4S/c1-2-27-24-16-21(32-20-10-13-31-14-11-20)8-9-22(24)23(17-26)25(27)18-4-6-19(7-5-18)28-12-3-15-33(28,29)30/h4-9,16,20H,2-3,10-15H2,1H3. The highest BCUT2D eigenvalue weighted by atomic mass is 32.2. The topological polar surface area (TPSA) is 84.6 Å². The third-order valence-electron chi connectivity index (χ3n) is 6.46. The normalized spacial score (nSPS) is 18.5. The predicted octanol–water partition coefficient (Wildman–Crippen LogP) is 4.30. The van der Waals surface area contributed by atoms with E-state index < -0.39 is 10.0 Å². The van der Waals surface area contributed by atoms with Gasteiger partial charge in [-0.3, -0.25) is 4.31 Å². The monoisotopic (exact) mass is 465 g/mol. The van der Waals surface area contributed by atoms with Crippen molar-refractivity contribution in [2.45, 2.75) is 38.8 Å². The molecule has 0 bridgehead atoms. The maximum absolute atomic E-state index is 12.3. The van der Waals surface area contributed by atoms with Gasteiger partial charge in [-0.05, 0) is 43.2 Å². The van der Waals surface area contributed by atoms with Crippen molar-refractivity contribution < 1.29 is 17.9 Å². The molecule has 1 aromatic heterocycles. The zero-order valence-electron chi connectivity index (χ0n) is 18.7. The molecular weight excluding hydrogens is 438 g/mol. The maximum Gasteiger partial charge on any atom is 0.235 e. The first-order valence-corrected chi connectivity index (χ1v) is 13.0. The molecule has 3 heterocycles. The molecular formula is C25H27N3O4S. The van der Waals surface area contributed by atoms with Crippen LogP contribution in [0.5, 0.6) is 5.75 Å². The molecule has 5 rings (SSSR count). The molecule has 8 heteroatoms. The fraction of sp³-hybridized carbons (Fsp3) is 0.400. The first kappa shape index (κ1) is 21.8. The molecule has 0 unspecified atom stereocenters. The number of hydrogen-bond acceptors (Lipinski definition) is 5. The van der Waals surface area contributed by atoms with Gasteiger partial charge in [0.1, 0.15) is 17.9 Å². The number of aryl methyl sites for hydroxylation is 1. The molecule has 3 aromatic rings. The third kappa shape index (κ3) is 3.96. The van der Waals surface area contributed by atoms with Crippen LogP contribution < -0.4 is 9.04 Å². The lowest BCUT2D eigenvalue weighted by molar-refractivity contribution is 0.0256. The maximum atomic E-state index is 12.3. The number of ether oxygens (including phenoxy) is 2. The molecule has 2 fully saturated rings. The van der Waals surface area contributed by atoms with Crippen LogP contribution in [0.2, 0.25) is 0 Å². The first-order valence-electron chi connectivity index (χ1n) is 11.4. The first-order chi connectivity index (χ1) is 16.0. The van der Waals surface area contributed by atoms with E-state index in [1.807, 2.05) is 42.5 Å². The van der Waals surface area contributed by atoms with E-state index in [-0.39, 0.29) is 11.9 Å². The van der Waals surface area contributed by atoms with E-state index in [4.69, 9.17) is 9.47 Å². The highest BCUT2D eigenvalue weighted by Crippen LogP contribution is 2.37. The van der Waals surface area contributed by atoms with Crippen LogP contribution in [0.3, 0.4) is 0 Å². The highest BCUT2D eigenvalue weighted by molar-refractivity contribution is 7.93. The number of aromatic nitrogens is 1. The molecule has 2 saturated heterocycles. The molecule has 7 nitrogen and oxygen atoms in total. The van der Waals surface area contributed by atoms with Crippen molar-refractivity contribution in [1.82, 2.24) is 4.57 Å². The van der Waals surface area contributed by atoms with Gasteiger partial charge in [-0.2, -0.15) is 5.26 Å². The van der Waals surface area contributed by atoms with Crippen molar-refractivity contribution in [3.63, 3.8) is 0 Å². The van der Waals surface area contributed by atoms with Crippen molar-refractivity contribution in [2.24, 2.45) is 0 Å². The third-order valence-corrected chi connectivity index (χ3v) is 8.33. The van der Waals surface area contributed by atoms with E-state index in [9.17, 15) is 13.7 Å². The summed E-state index contributed by atoms with van der Waals surface area (Å²) in [6.45, 7) is 4.69. The highest BCUT2D eigenvalue weighted by Gasteiger charge is 2.28. The van der Waals surface area contributed by atoms with Crippen LogP contribution in [0.15, 0.2) is 42.5 Å². The second-order valence-corrected chi connectivity index (χ2v) is 10.5. The molecule has 0 spiro atoms. The molecule has 0 radical (unpaired) electrons. The van der Waals surface area contributed by atoms with Gasteiger partial charge in [-0.15, -0.1) is 0 Å². The SMILES string of the molecule is CCn1c(-c2ccc(N3CCCS3(=O)=O)cc2)c(C#N)c2ccc(OC3CCOCC3)cc21. The van der Waals surface area contributed by atoms with Gasteiger partial charge in [-0.1, -0.05) is 12.1 Å². The van der Waals surface area contributed by atoms with Gasteiger partial charge in [0.2, 0.25) is 10.0 Å². The van der Waals surface area contributed by atoms with Crippen LogP contribution in [0.1, 0.15) is 31.7 Å². The molecule has 2 aromatic carbocycles. The van der Waals surface area contributed by atoms with Gasteiger partial charge in [-0.25, -0.2) is 8.42 Å². The van der Waals surface area contributed by atoms with Gasteiger partial charge < -0.3 is 14.0 Å². The summed E-state index contributed by atoms with van der Waals surface area (Å²) >= 11 is 0. The van der Waals surface area contributed by atoms with E-state index in [0.717, 1.165) is 54.0 Å². The van der Waals surface area contributed by atoms with Gasteiger partial charge in [0, 0.05) is 37.4 Å². The second-order valence-electron chi connectivity index (χ2n) is 8.48. The number of nitriles is 1. The minimum absolute atomic E-state index is 0.144. The van der Waals surface area contributed by atoms with Gasteiger partial charge in [0.15, 0.2) is 0 Å². The molecule has 2 aliphatic rings. The minimum Gasteiger partial charge on any atom is -0.490 e. The summed E-state index contributed by atoms with van der Waals surface area (Å²) < 4.78 is 39.8. The molecule has 33 heavy (non-hydrogen) atoms. The molecule has 0 saturated carbocycles. The number of hydrogen-bond donors (Lipinski definition) is 0. The lowest BCUT2D eigenvalue weighted by Crippen LogP contribution is -2.25. The second kappa shape index (κ2) is 8.73. The van der Waals surface area contributed by atoms with Crippen molar-refractivity contribution in [1.29, 1.82) is 5.26 Å². The lowest BCUT2D eigenvalue weighted by Gasteiger charge is -2.23. The zero-order chi connectivity index (χ0) is 23.0. The number of nitrogens with zero attached hydrogens (tertiary/aromatic N) is 3. The van der Waals surface area contributed by atoms with E-state index in [0.29, 0.717) is 30.8 Å². The smallest absolute Gasteiger partial charge is 0.235 e. The fourth-order valence-electron chi connectivity index (χ4n) is 4.85. The summed E-state index contributed by atoms with van der Waals surface area (Å²) in [6.07, 6.45) is 2.54. The number of anilines is 1. The number of sulfonamides is 1. The minimum atomic E-state index is -3.23. The summed E-state index contributed by atoms with van der Waals surface area (Å²) in [6, 6.07) is 15.8. The predicted molar refractivity (Wildman–Crippen MR) is 128 cm³/mol. The van der Waals surface area contributed by atoms with Crippen LogP contribution >= 0.6 is 0 Å². The van der Waals surface area contributed by atoms with Crippen molar-refractivity contribution >= 4 is 26.6 Å². The largest absolute Gasteiger partial charge is 0.490 e. The Morgan fingerprint density at radius 1 is 1.15 bits per heavy atom. The summed E-state index contributed by atoms with van der Waals surface area (Å²) in [7, 11) is -3.23. The summed E-state index contributed by atoms with van der Waals surface area (Å²) in [5.41, 5.74) is 3.97. The van der Waals surface area contributed by atoms with Crippen LogP contribution in [0.25, 0.3) is 22.2 Å². The Kier molecular flexibility index (Phi) is 5.77. The average Bonchev–Trinajstić information content (AvgIpc) is 3.35. The Morgan fingerprint density at radius 3 is 2.55 bits per heavy atom. The van der Waals surface area contributed by atoms with Gasteiger partial charge in [0.25, 0.3) is 0 Å². The van der Waals surface area contributed by atoms with Crippen LogP contribution in [0, 0.1) is 11.3 Å². The average molecular weight is 466 g/mol. The van der Waals surface area contributed by atoms with Gasteiger partial charge in [0.05, 0.1) is 41.4 Å². The Hall–Kier alpha value is -3.02. The summed E-state index contributed by atoms with van der Waals surface area (Å²) in [5.74, 6) is 0.989. The summed E-state index contributed by atoms with van der Waals surface area (Å²) in [4.78, 5) is 0. The van der Waals surface area contributed by atoms with E-state index in [2.05, 4.69) is 17.6 Å². The fourth-order valence-corrected chi connectivity index (χ4v) is 6.41. The number of fused-ring (bicyclic) bond motifs is 1. The quantitative estimate of drug-likeness (QED) is 0.561. The van der Waals surface area contributed by atoms with E-state index in [1.54, 1.807) is 0 Å². The van der Waals surface area contributed by atoms with Crippen LogP contribution in [0.4, 0.5) is 5.69 Å². The Labute approximate surface area is 194 Å². The van der Waals surface area contributed by atoms with E-state index in [1.165, 1.54) is 4.31 Å². The van der Waals surface area contributed by atoms with Crippen molar-refractivity contribution in [3.8, 4) is 23.1 Å². The molecule has 0 atom stereocenters. The molecule has 0 amide bonds. The zero-order valence-corrected chi connectivity index (χ0v) is 19.5. The Balaban J connectivity index is 1.54. The Morgan fingerprint density at radius 2 is 1.91 bits per heavy atom. The van der Waals surface area contributed by atoms with E-state index >= 15 is 0 Å². The summed E-state index contributed by atoms with van der Waals surface area (Å²) in [5, 5.41) is 10.9. The van der Waals surface area contributed by atoms with Crippen molar-refractivity contribution in [2.75, 3.05) is 29.8 Å². The molecule has 0 N–H and O–H groups in total. The molecule has 2 aliphatic heterocycles. The molecule has 0 aliphatic carbocycles. The van der Waals surface area contributed by atoms with Crippen LogP contribution in [-0.2, 0) is 21.3 Å². The number of benzene rings is 2. The number of rotatable bonds is 5. The van der Waals surface area contributed by atoms with Crippen LogP contribution in [-0.4, -0.2) is 44.6 Å². The van der Waals surface area contributed by atoms with Gasteiger partial charge >= 0.3 is 0 Å².